The van der Waals surface area contributed by atoms with E-state index in [-0.39, 0.29) is 19.2 Å². The van der Waals surface area contributed by atoms with Crippen molar-refractivity contribution in [1.82, 2.24) is 4.31 Å². The smallest absolute Gasteiger partial charge is 0.228 e. The maximum Gasteiger partial charge on any atom is 0.228 e. The van der Waals surface area contributed by atoms with Crippen molar-refractivity contribution in [2.24, 2.45) is 0 Å². The van der Waals surface area contributed by atoms with E-state index < -0.39 is 15.2 Å². The molecule has 13 heavy (non-hydrogen) atoms. The fourth-order valence-corrected chi connectivity index (χ4v) is 2.91. The van der Waals surface area contributed by atoms with Crippen molar-refractivity contribution in [3.8, 4) is 0 Å². The summed E-state index contributed by atoms with van der Waals surface area (Å²) in [6.45, 7) is 0.0202. The number of sulfonamides is 1. The van der Waals surface area contributed by atoms with Crippen LogP contribution in [0.2, 0.25) is 0 Å². The lowest BCUT2D eigenvalue weighted by atomic mass is 9.93. The van der Waals surface area contributed by atoms with Crippen LogP contribution in [0.5, 0.6) is 0 Å². The van der Waals surface area contributed by atoms with Gasteiger partial charge in [-0.3, -0.25) is 0 Å². The van der Waals surface area contributed by atoms with Crippen molar-refractivity contribution in [3.63, 3.8) is 0 Å². The molecule has 0 aromatic rings. The number of hydrogen-bond acceptors (Lipinski definition) is 3. The molecule has 1 rings (SSSR count). The first kappa shape index (κ1) is 11.2. The van der Waals surface area contributed by atoms with Gasteiger partial charge in [-0.15, -0.1) is 11.6 Å². The predicted molar refractivity (Wildman–Crippen MR) is 51.1 cm³/mol. The van der Waals surface area contributed by atoms with E-state index in [1.54, 1.807) is 0 Å². The van der Waals surface area contributed by atoms with Crippen molar-refractivity contribution < 1.29 is 13.5 Å². The maximum atomic E-state index is 11.4. The zero-order chi connectivity index (χ0) is 9.90. The summed E-state index contributed by atoms with van der Waals surface area (Å²) in [6, 6.07) is 0.0656. The Hall–Kier alpha value is 0.160. The topological polar surface area (TPSA) is 57.6 Å². The van der Waals surface area contributed by atoms with Crippen LogP contribution >= 0.6 is 11.6 Å². The minimum absolute atomic E-state index is 0.0656. The molecular formula is C7H14ClNO3S. The van der Waals surface area contributed by atoms with E-state index in [4.69, 9.17) is 16.7 Å². The summed E-state index contributed by atoms with van der Waals surface area (Å²) >= 11 is 5.34. The first-order valence-electron chi connectivity index (χ1n) is 4.28. The lowest BCUT2D eigenvalue weighted by Crippen LogP contribution is -2.45. The van der Waals surface area contributed by atoms with Gasteiger partial charge in [-0.1, -0.05) is 6.42 Å². The van der Waals surface area contributed by atoms with Gasteiger partial charge in [0.05, 0.1) is 6.61 Å². The molecule has 1 aliphatic carbocycles. The monoisotopic (exact) mass is 227 g/mol. The highest BCUT2D eigenvalue weighted by molar-refractivity contribution is 7.90. The lowest BCUT2D eigenvalue weighted by Gasteiger charge is -2.35. The van der Waals surface area contributed by atoms with E-state index in [0.29, 0.717) is 0 Å². The summed E-state index contributed by atoms with van der Waals surface area (Å²) in [7, 11) is -3.34. The van der Waals surface area contributed by atoms with Crippen molar-refractivity contribution >= 4 is 21.6 Å². The van der Waals surface area contributed by atoms with Gasteiger partial charge in [0.15, 0.2) is 0 Å². The van der Waals surface area contributed by atoms with Crippen molar-refractivity contribution in [2.45, 2.75) is 25.3 Å². The number of nitrogens with zero attached hydrogens (tertiary/aromatic N) is 1. The summed E-state index contributed by atoms with van der Waals surface area (Å²) in [5.41, 5.74) is 0. The van der Waals surface area contributed by atoms with Crippen molar-refractivity contribution in [3.05, 3.63) is 0 Å². The molecule has 78 valence electrons. The third-order valence-electron chi connectivity index (χ3n) is 2.30. The Kier molecular flexibility index (Phi) is 3.97. The summed E-state index contributed by atoms with van der Waals surface area (Å²) in [4.78, 5) is 0. The SMILES string of the molecule is O=S(=O)(CCl)N(CCO)C1CCC1. The van der Waals surface area contributed by atoms with Gasteiger partial charge in [0.2, 0.25) is 10.0 Å². The quantitative estimate of drug-likeness (QED) is 0.690. The number of rotatable bonds is 5. The Labute approximate surface area is 83.5 Å². The number of halogens is 1. The maximum absolute atomic E-state index is 11.4. The fraction of sp³-hybridized carbons (Fsp3) is 1.00. The molecule has 0 radical (unpaired) electrons. The summed E-state index contributed by atoms with van der Waals surface area (Å²) in [5, 5.41) is 8.32. The van der Waals surface area contributed by atoms with Gasteiger partial charge in [-0.25, -0.2) is 8.42 Å². The fourth-order valence-electron chi connectivity index (χ4n) is 1.38. The van der Waals surface area contributed by atoms with Gasteiger partial charge < -0.3 is 5.11 Å². The molecule has 0 aromatic heterocycles. The second-order valence-corrected chi connectivity index (χ2v) is 5.65. The largest absolute Gasteiger partial charge is 0.395 e. The van der Waals surface area contributed by atoms with Gasteiger partial charge >= 0.3 is 0 Å². The van der Waals surface area contributed by atoms with Crippen LogP contribution in [0.3, 0.4) is 0 Å². The van der Waals surface area contributed by atoms with E-state index in [0.717, 1.165) is 19.3 Å². The average molecular weight is 228 g/mol. The molecule has 0 heterocycles. The highest BCUT2D eigenvalue weighted by Crippen LogP contribution is 2.27. The molecule has 0 aromatic carbocycles. The molecular weight excluding hydrogens is 214 g/mol. The third-order valence-corrected chi connectivity index (χ3v) is 4.60. The second-order valence-electron chi connectivity index (χ2n) is 3.14. The van der Waals surface area contributed by atoms with Gasteiger partial charge in [0.1, 0.15) is 5.21 Å². The molecule has 0 atom stereocenters. The van der Waals surface area contributed by atoms with E-state index >= 15 is 0 Å². The Balaban J connectivity index is 2.66. The average Bonchev–Trinajstić information content (AvgIpc) is 2.00. The third kappa shape index (κ3) is 2.56. The summed E-state index contributed by atoms with van der Waals surface area (Å²) in [6.07, 6.45) is 2.83. The van der Waals surface area contributed by atoms with Gasteiger partial charge in [0, 0.05) is 12.6 Å². The van der Waals surface area contributed by atoms with Crippen LogP contribution < -0.4 is 0 Å². The van der Waals surface area contributed by atoms with Crippen LogP contribution in [-0.4, -0.2) is 42.2 Å². The Morgan fingerprint density at radius 1 is 1.46 bits per heavy atom. The molecule has 1 N–H and O–H groups in total. The van der Waals surface area contributed by atoms with Gasteiger partial charge in [-0.2, -0.15) is 4.31 Å². The molecule has 6 heteroatoms. The normalized spacial score (nSPS) is 19.0. The molecule has 0 spiro atoms. The van der Waals surface area contributed by atoms with Gasteiger partial charge in [0.25, 0.3) is 0 Å². The molecule has 0 saturated heterocycles. The predicted octanol–water partition coefficient (Wildman–Crippen LogP) is 0.359. The number of hydrogen-bond donors (Lipinski definition) is 1. The molecule has 0 bridgehead atoms. The minimum Gasteiger partial charge on any atom is -0.395 e. The van der Waals surface area contributed by atoms with Gasteiger partial charge in [-0.05, 0) is 12.8 Å². The molecule has 0 aliphatic heterocycles. The second kappa shape index (κ2) is 4.59. The standard InChI is InChI=1S/C7H14ClNO3S/c8-6-13(11,12)9(4-5-10)7-2-1-3-7/h7,10H,1-6H2. The Morgan fingerprint density at radius 2 is 2.08 bits per heavy atom. The van der Waals surface area contributed by atoms with Crippen LogP contribution in [0.15, 0.2) is 0 Å². The molecule has 1 aliphatic rings. The summed E-state index contributed by atoms with van der Waals surface area (Å²) < 4.78 is 24.1. The van der Waals surface area contributed by atoms with Crippen LogP contribution in [-0.2, 0) is 10.0 Å². The lowest BCUT2D eigenvalue weighted by molar-refractivity contribution is 0.179. The highest BCUT2D eigenvalue weighted by Gasteiger charge is 2.32. The first-order chi connectivity index (χ1) is 6.11. The van der Waals surface area contributed by atoms with Crippen molar-refractivity contribution in [2.75, 3.05) is 18.4 Å². The van der Waals surface area contributed by atoms with Crippen LogP contribution in [0.1, 0.15) is 19.3 Å². The van der Waals surface area contributed by atoms with E-state index in [9.17, 15) is 8.42 Å². The minimum atomic E-state index is -3.34. The highest BCUT2D eigenvalue weighted by atomic mass is 35.5. The molecule has 1 saturated carbocycles. The first-order valence-corrected chi connectivity index (χ1v) is 6.42. The molecule has 0 amide bonds. The zero-order valence-corrected chi connectivity index (χ0v) is 8.89. The van der Waals surface area contributed by atoms with E-state index in [1.807, 2.05) is 0 Å². The zero-order valence-electron chi connectivity index (χ0n) is 7.32. The Bertz CT molecular complexity index is 250. The van der Waals surface area contributed by atoms with E-state index in [1.165, 1.54) is 4.31 Å². The van der Waals surface area contributed by atoms with Crippen molar-refractivity contribution in [1.29, 1.82) is 0 Å². The van der Waals surface area contributed by atoms with Crippen LogP contribution in [0, 0.1) is 0 Å². The molecule has 1 fully saturated rings. The molecule has 0 unspecified atom stereocenters. The van der Waals surface area contributed by atoms with E-state index in [2.05, 4.69) is 0 Å². The van der Waals surface area contributed by atoms with Crippen LogP contribution in [0.25, 0.3) is 0 Å². The Morgan fingerprint density at radius 3 is 2.38 bits per heavy atom. The number of alkyl halides is 1. The number of aliphatic hydroxyl groups excluding tert-OH is 1. The molecule has 4 nitrogen and oxygen atoms in total. The summed E-state index contributed by atoms with van der Waals surface area (Å²) in [5.74, 6) is 0. The van der Waals surface area contributed by atoms with Crippen LogP contribution in [0.4, 0.5) is 0 Å². The number of aliphatic hydroxyl groups is 1.